The quantitative estimate of drug-likeness (QED) is 0.657. The standard InChI is InChI=1S/C16H16N2O5S/c1-9-10(16(20)11-7-17-8-13(11)19)3-4-14(24(2,21)22)15(9)12-5-6-23-18-12/h3-4,7,20H,5-6,8H2,1-2H3. The third-order valence-electron chi connectivity index (χ3n) is 3.99. The minimum absolute atomic E-state index is 0.00721. The van der Waals surface area contributed by atoms with Crippen molar-refractivity contribution in [2.75, 3.05) is 19.4 Å². The second kappa shape index (κ2) is 5.86. The van der Waals surface area contributed by atoms with E-state index < -0.39 is 9.84 Å². The predicted molar refractivity (Wildman–Crippen MR) is 89.3 cm³/mol. The van der Waals surface area contributed by atoms with E-state index in [0.717, 1.165) is 6.26 Å². The Morgan fingerprint density at radius 2 is 2.08 bits per heavy atom. The van der Waals surface area contributed by atoms with E-state index in [1.807, 2.05) is 0 Å². The van der Waals surface area contributed by atoms with Gasteiger partial charge in [0, 0.05) is 30.0 Å². The molecule has 0 unspecified atom stereocenters. The summed E-state index contributed by atoms with van der Waals surface area (Å²) in [6.07, 6.45) is 2.93. The minimum atomic E-state index is -3.49. The monoisotopic (exact) mass is 348 g/mol. The summed E-state index contributed by atoms with van der Waals surface area (Å²) >= 11 is 0. The van der Waals surface area contributed by atoms with Crippen LogP contribution < -0.4 is 0 Å². The lowest BCUT2D eigenvalue weighted by Crippen LogP contribution is -2.12. The number of benzene rings is 1. The van der Waals surface area contributed by atoms with Crippen molar-refractivity contribution in [3.63, 3.8) is 0 Å². The summed E-state index contributed by atoms with van der Waals surface area (Å²) in [5.74, 6) is -0.484. The number of aliphatic hydroxyl groups excluding tert-OH is 1. The minimum Gasteiger partial charge on any atom is -0.506 e. The molecule has 1 aromatic carbocycles. The Bertz CT molecular complexity index is 926. The average molecular weight is 348 g/mol. The molecule has 0 fully saturated rings. The summed E-state index contributed by atoms with van der Waals surface area (Å²) in [4.78, 5) is 20.7. The molecule has 0 saturated heterocycles. The van der Waals surface area contributed by atoms with Gasteiger partial charge >= 0.3 is 0 Å². The van der Waals surface area contributed by atoms with Gasteiger partial charge in [0.15, 0.2) is 15.6 Å². The van der Waals surface area contributed by atoms with Crippen LogP contribution in [0.4, 0.5) is 0 Å². The zero-order chi connectivity index (χ0) is 17.5. The summed E-state index contributed by atoms with van der Waals surface area (Å²) in [5, 5.41) is 14.4. The number of carbonyl (C=O) groups is 1. The molecule has 0 spiro atoms. The summed E-state index contributed by atoms with van der Waals surface area (Å²) in [5.41, 5.74) is 1.96. The van der Waals surface area contributed by atoms with E-state index in [0.29, 0.717) is 35.4 Å². The first-order valence-electron chi connectivity index (χ1n) is 7.30. The van der Waals surface area contributed by atoms with Crippen LogP contribution in [0.2, 0.25) is 0 Å². The SMILES string of the molecule is Cc1c(C(O)=C2C=NCC2=O)ccc(S(C)(=O)=O)c1C1=NOCC1. The Balaban J connectivity index is 2.26. The first kappa shape index (κ1) is 16.4. The molecular formula is C16H16N2O5S. The number of rotatable bonds is 3. The van der Waals surface area contributed by atoms with Crippen LogP contribution in [0.25, 0.3) is 5.76 Å². The molecular weight excluding hydrogens is 332 g/mol. The largest absolute Gasteiger partial charge is 0.506 e. The molecule has 1 aromatic rings. The van der Waals surface area contributed by atoms with Gasteiger partial charge in [-0.15, -0.1) is 0 Å². The molecule has 3 rings (SSSR count). The van der Waals surface area contributed by atoms with E-state index in [1.165, 1.54) is 18.3 Å². The third kappa shape index (κ3) is 2.73. The number of oxime groups is 1. The highest BCUT2D eigenvalue weighted by molar-refractivity contribution is 7.90. The lowest BCUT2D eigenvalue weighted by molar-refractivity contribution is -0.113. The number of carbonyl (C=O) groups excluding carboxylic acids is 1. The van der Waals surface area contributed by atoms with Crippen LogP contribution in [0.15, 0.2) is 32.7 Å². The number of nitrogens with zero attached hydrogens (tertiary/aromatic N) is 2. The van der Waals surface area contributed by atoms with Gasteiger partial charge in [0.1, 0.15) is 18.9 Å². The molecule has 2 aliphatic heterocycles. The highest BCUT2D eigenvalue weighted by Gasteiger charge is 2.26. The van der Waals surface area contributed by atoms with Crippen LogP contribution in [0.3, 0.4) is 0 Å². The first-order valence-corrected chi connectivity index (χ1v) is 9.19. The average Bonchev–Trinajstić information content (AvgIpc) is 3.16. The van der Waals surface area contributed by atoms with Gasteiger partial charge in [-0.25, -0.2) is 8.42 Å². The highest BCUT2D eigenvalue weighted by atomic mass is 32.2. The lowest BCUT2D eigenvalue weighted by Gasteiger charge is -2.15. The molecule has 8 heteroatoms. The van der Waals surface area contributed by atoms with E-state index >= 15 is 0 Å². The Kier molecular flexibility index (Phi) is 4.00. The molecule has 0 atom stereocenters. The maximum Gasteiger partial charge on any atom is 0.189 e. The topological polar surface area (TPSA) is 105 Å². The molecule has 24 heavy (non-hydrogen) atoms. The smallest absolute Gasteiger partial charge is 0.189 e. The maximum absolute atomic E-state index is 12.1. The summed E-state index contributed by atoms with van der Waals surface area (Å²) in [6.45, 7) is 2.07. The molecule has 0 bridgehead atoms. The van der Waals surface area contributed by atoms with E-state index in [4.69, 9.17) is 4.84 Å². The number of ketones is 1. The van der Waals surface area contributed by atoms with Crippen molar-refractivity contribution in [3.8, 4) is 0 Å². The second-order valence-electron chi connectivity index (χ2n) is 5.66. The number of Topliss-reactive ketones (excluding diaryl/α,β-unsaturated/α-hetero) is 1. The van der Waals surface area contributed by atoms with Crippen molar-refractivity contribution in [1.82, 2.24) is 0 Å². The van der Waals surface area contributed by atoms with Gasteiger partial charge < -0.3 is 9.94 Å². The van der Waals surface area contributed by atoms with E-state index in [2.05, 4.69) is 10.1 Å². The van der Waals surface area contributed by atoms with Crippen LogP contribution in [0.5, 0.6) is 0 Å². The van der Waals surface area contributed by atoms with E-state index in [1.54, 1.807) is 6.92 Å². The van der Waals surface area contributed by atoms with Crippen molar-refractivity contribution in [2.24, 2.45) is 10.1 Å². The molecule has 126 valence electrons. The van der Waals surface area contributed by atoms with Crippen LogP contribution >= 0.6 is 0 Å². The Hall–Kier alpha value is -2.48. The van der Waals surface area contributed by atoms with Gasteiger partial charge in [0.2, 0.25) is 0 Å². The number of aliphatic imine (C=N–C) groups is 1. The molecule has 2 heterocycles. The van der Waals surface area contributed by atoms with Gasteiger partial charge in [-0.2, -0.15) is 0 Å². The molecule has 0 aliphatic carbocycles. The van der Waals surface area contributed by atoms with Crippen molar-refractivity contribution in [1.29, 1.82) is 0 Å². The molecule has 0 amide bonds. The van der Waals surface area contributed by atoms with Gasteiger partial charge in [-0.05, 0) is 24.6 Å². The molecule has 2 aliphatic rings. The van der Waals surface area contributed by atoms with Gasteiger partial charge in [-0.1, -0.05) is 5.16 Å². The zero-order valence-corrected chi connectivity index (χ0v) is 14.1. The number of aliphatic hydroxyl groups is 1. The number of sulfone groups is 1. The summed E-state index contributed by atoms with van der Waals surface area (Å²) < 4.78 is 24.2. The van der Waals surface area contributed by atoms with E-state index in [9.17, 15) is 18.3 Å². The zero-order valence-electron chi connectivity index (χ0n) is 13.2. The Labute approximate surface area is 139 Å². The van der Waals surface area contributed by atoms with Gasteiger partial charge in [-0.3, -0.25) is 9.79 Å². The van der Waals surface area contributed by atoms with E-state index in [-0.39, 0.29) is 28.6 Å². The summed E-state index contributed by atoms with van der Waals surface area (Å²) in [6, 6.07) is 2.91. The molecule has 0 saturated carbocycles. The maximum atomic E-state index is 12.1. The van der Waals surface area contributed by atoms with Crippen LogP contribution in [0.1, 0.15) is 23.1 Å². The molecule has 7 nitrogen and oxygen atoms in total. The van der Waals surface area contributed by atoms with Crippen molar-refractivity contribution in [3.05, 3.63) is 34.4 Å². The fourth-order valence-corrected chi connectivity index (χ4v) is 3.77. The number of hydrogen-bond acceptors (Lipinski definition) is 7. The highest BCUT2D eigenvalue weighted by Crippen LogP contribution is 2.30. The van der Waals surface area contributed by atoms with Gasteiger partial charge in [0.05, 0.1) is 16.2 Å². The molecule has 0 aromatic heterocycles. The van der Waals surface area contributed by atoms with Crippen LogP contribution in [0, 0.1) is 6.92 Å². The first-order chi connectivity index (χ1) is 11.3. The van der Waals surface area contributed by atoms with Crippen LogP contribution in [-0.4, -0.2) is 50.6 Å². The van der Waals surface area contributed by atoms with Crippen molar-refractivity contribution >= 4 is 33.3 Å². The Morgan fingerprint density at radius 3 is 2.62 bits per heavy atom. The van der Waals surface area contributed by atoms with Crippen molar-refractivity contribution < 1.29 is 23.2 Å². The number of hydrogen-bond donors (Lipinski definition) is 1. The fourth-order valence-electron chi connectivity index (χ4n) is 2.81. The van der Waals surface area contributed by atoms with Gasteiger partial charge in [0.25, 0.3) is 0 Å². The lowest BCUT2D eigenvalue weighted by atomic mass is 9.94. The molecule has 1 N–H and O–H groups in total. The predicted octanol–water partition coefficient (Wildman–Crippen LogP) is 1.45. The normalized spacial score (nSPS) is 19.4. The van der Waals surface area contributed by atoms with Crippen molar-refractivity contribution in [2.45, 2.75) is 18.2 Å². The fraction of sp³-hybridized carbons (Fsp3) is 0.312. The third-order valence-corrected chi connectivity index (χ3v) is 5.12. The van der Waals surface area contributed by atoms with Crippen LogP contribution in [-0.2, 0) is 19.5 Å². The Morgan fingerprint density at radius 1 is 1.33 bits per heavy atom. The second-order valence-corrected chi connectivity index (χ2v) is 7.64. The molecule has 0 radical (unpaired) electrons. The summed E-state index contributed by atoms with van der Waals surface area (Å²) in [7, 11) is -3.49.